The maximum atomic E-state index is 12.6. The maximum absolute atomic E-state index is 12.6. The Morgan fingerprint density at radius 2 is 1.74 bits per heavy atom. The highest BCUT2D eigenvalue weighted by Crippen LogP contribution is 2.30. The molecule has 2 nitrogen and oxygen atoms in total. The fourth-order valence-corrected chi connectivity index (χ4v) is 3.47. The highest BCUT2D eigenvalue weighted by atomic mass is 79.9. The number of aryl methyl sites for hydroxylation is 1. The van der Waals surface area contributed by atoms with Crippen molar-refractivity contribution < 1.29 is 4.79 Å². The Labute approximate surface area is 151 Å². The van der Waals surface area contributed by atoms with Gasteiger partial charge >= 0.3 is 0 Å². The fraction of sp³-hybridized carbons (Fsp3) is 0.316. The number of amides is 1. The maximum Gasteiger partial charge on any atom is 0.237 e. The van der Waals surface area contributed by atoms with Gasteiger partial charge in [-0.15, -0.1) is 11.8 Å². The molecular weight excluding hydrogens is 370 g/mol. The van der Waals surface area contributed by atoms with E-state index in [4.69, 9.17) is 0 Å². The van der Waals surface area contributed by atoms with Crippen LogP contribution in [0.5, 0.6) is 0 Å². The molecule has 0 heterocycles. The first-order chi connectivity index (χ1) is 10.9. The average molecular weight is 392 g/mol. The van der Waals surface area contributed by atoms with Crippen LogP contribution >= 0.6 is 27.7 Å². The van der Waals surface area contributed by atoms with Crippen molar-refractivity contribution >= 4 is 39.3 Å². The van der Waals surface area contributed by atoms with Crippen LogP contribution in [0.2, 0.25) is 0 Å². The molecule has 0 spiro atoms. The van der Waals surface area contributed by atoms with Gasteiger partial charge in [0.15, 0.2) is 0 Å². The predicted octanol–water partition coefficient (Wildman–Crippen LogP) is 6.00. The summed E-state index contributed by atoms with van der Waals surface area (Å²) >= 11 is 4.99. The van der Waals surface area contributed by atoms with Crippen LogP contribution in [0.3, 0.4) is 0 Å². The molecule has 4 heteroatoms. The van der Waals surface area contributed by atoms with E-state index in [0.717, 1.165) is 20.6 Å². The summed E-state index contributed by atoms with van der Waals surface area (Å²) in [6, 6.07) is 14.2. The molecule has 0 bridgehead atoms. The summed E-state index contributed by atoms with van der Waals surface area (Å²) in [4.78, 5) is 13.7. The largest absolute Gasteiger partial charge is 0.325 e. The van der Waals surface area contributed by atoms with Crippen LogP contribution in [0.4, 0.5) is 5.69 Å². The van der Waals surface area contributed by atoms with Crippen LogP contribution in [0.1, 0.15) is 37.8 Å². The third-order valence-electron chi connectivity index (χ3n) is 3.67. The monoisotopic (exact) mass is 391 g/mol. The van der Waals surface area contributed by atoms with Gasteiger partial charge in [0.25, 0.3) is 0 Å². The number of carbonyl (C=O) groups excluding carboxylic acids is 1. The molecule has 0 aliphatic heterocycles. The first-order valence-corrected chi connectivity index (χ1v) is 9.38. The summed E-state index contributed by atoms with van der Waals surface area (Å²) in [6.07, 6.45) is 0. The van der Waals surface area contributed by atoms with Crippen LogP contribution in [0, 0.1) is 6.92 Å². The van der Waals surface area contributed by atoms with Gasteiger partial charge in [0.1, 0.15) is 0 Å². The number of halogens is 1. The van der Waals surface area contributed by atoms with Gasteiger partial charge in [0, 0.05) is 15.1 Å². The van der Waals surface area contributed by atoms with E-state index < -0.39 is 0 Å². The minimum Gasteiger partial charge on any atom is -0.325 e. The summed E-state index contributed by atoms with van der Waals surface area (Å²) in [5.41, 5.74) is 3.24. The second-order valence-corrected chi connectivity index (χ2v) is 8.23. The summed E-state index contributed by atoms with van der Waals surface area (Å²) in [5.74, 6) is 0.411. The molecule has 0 unspecified atom stereocenters. The van der Waals surface area contributed by atoms with E-state index in [1.54, 1.807) is 11.8 Å². The van der Waals surface area contributed by atoms with Gasteiger partial charge in [0.05, 0.1) is 5.25 Å². The molecule has 0 radical (unpaired) electrons. The Balaban J connectivity index is 2.11. The average Bonchev–Trinajstić information content (AvgIpc) is 2.51. The normalized spacial score (nSPS) is 12.3. The first kappa shape index (κ1) is 18.1. The van der Waals surface area contributed by atoms with Gasteiger partial charge in [-0.25, -0.2) is 0 Å². The SMILES string of the molecule is Cc1cccc(C(C)C)c1NC(=O)[C@@H](C)Sc1ccc(Br)cc1. The van der Waals surface area contributed by atoms with Crippen molar-refractivity contribution in [2.24, 2.45) is 0 Å². The molecule has 2 rings (SSSR count). The Morgan fingerprint density at radius 3 is 2.35 bits per heavy atom. The fourth-order valence-electron chi connectivity index (χ4n) is 2.34. The number of rotatable bonds is 5. The van der Waals surface area contributed by atoms with Crippen LogP contribution in [0.15, 0.2) is 51.8 Å². The molecule has 2 aromatic rings. The van der Waals surface area contributed by atoms with Crippen LogP contribution < -0.4 is 5.32 Å². The van der Waals surface area contributed by atoms with Gasteiger partial charge < -0.3 is 5.32 Å². The quantitative estimate of drug-likeness (QED) is 0.633. The second kappa shape index (κ2) is 8.02. The Hall–Kier alpha value is -1.26. The zero-order valence-corrected chi connectivity index (χ0v) is 16.3. The summed E-state index contributed by atoms with van der Waals surface area (Å²) in [6.45, 7) is 8.26. The van der Waals surface area contributed by atoms with Crippen LogP contribution in [0.25, 0.3) is 0 Å². The van der Waals surface area contributed by atoms with Crippen LogP contribution in [-0.4, -0.2) is 11.2 Å². The van der Waals surface area contributed by atoms with Crippen LogP contribution in [-0.2, 0) is 4.79 Å². The molecule has 0 saturated carbocycles. The Bertz CT molecular complexity index is 682. The van der Waals surface area contributed by atoms with Crippen molar-refractivity contribution in [2.45, 2.75) is 43.8 Å². The summed E-state index contributed by atoms with van der Waals surface area (Å²) < 4.78 is 1.04. The van der Waals surface area contributed by atoms with E-state index >= 15 is 0 Å². The molecule has 0 aliphatic carbocycles. The second-order valence-electron chi connectivity index (χ2n) is 5.90. The minimum atomic E-state index is -0.157. The smallest absolute Gasteiger partial charge is 0.237 e. The van der Waals surface area contributed by atoms with E-state index in [1.165, 1.54) is 5.56 Å². The first-order valence-electron chi connectivity index (χ1n) is 7.71. The molecule has 2 aromatic carbocycles. The molecular formula is C19H22BrNOS. The van der Waals surface area contributed by atoms with Crippen molar-refractivity contribution in [3.63, 3.8) is 0 Å². The number of benzene rings is 2. The summed E-state index contributed by atoms with van der Waals surface area (Å²) in [5, 5.41) is 2.97. The molecule has 0 aliphatic rings. The lowest BCUT2D eigenvalue weighted by molar-refractivity contribution is -0.115. The Kier molecular flexibility index (Phi) is 6.31. The lowest BCUT2D eigenvalue weighted by atomic mass is 9.98. The van der Waals surface area contributed by atoms with Crippen molar-refractivity contribution in [3.05, 3.63) is 58.1 Å². The van der Waals surface area contributed by atoms with E-state index in [-0.39, 0.29) is 11.2 Å². The van der Waals surface area contributed by atoms with Crippen molar-refractivity contribution in [3.8, 4) is 0 Å². The molecule has 1 N–H and O–H groups in total. The number of para-hydroxylation sites is 1. The lowest BCUT2D eigenvalue weighted by Gasteiger charge is -2.18. The van der Waals surface area contributed by atoms with Gasteiger partial charge in [-0.2, -0.15) is 0 Å². The molecule has 0 aromatic heterocycles. The van der Waals surface area contributed by atoms with Gasteiger partial charge in [-0.05, 0) is 55.2 Å². The van der Waals surface area contributed by atoms with Crippen molar-refractivity contribution in [1.29, 1.82) is 0 Å². The third kappa shape index (κ3) is 4.85. The van der Waals surface area contributed by atoms with E-state index in [2.05, 4.69) is 41.2 Å². The van der Waals surface area contributed by atoms with Gasteiger partial charge in [0.2, 0.25) is 5.91 Å². The zero-order chi connectivity index (χ0) is 17.0. The Morgan fingerprint density at radius 1 is 1.09 bits per heavy atom. The van der Waals surface area contributed by atoms with Crippen molar-refractivity contribution in [1.82, 2.24) is 0 Å². The van der Waals surface area contributed by atoms with E-state index in [1.807, 2.05) is 50.2 Å². The van der Waals surface area contributed by atoms with Gasteiger partial charge in [-0.1, -0.05) is 48.0 Å². The van der Waals surface area contributed by atoms with E-state index in [0.29, 0.717) is 5.92 Å². The third-order valence-corrected chi connectivity index (χ3v) is 5.31. The highest BCUT2D eigenvalue weighted by Gasteiger charge is 2.18. The molecule has 23 heavy (non-hydrogen) atoms. The number of hydrogen-bond acceptors (Lipinski definition) is 2. The molecule has 0 saturated heterocycles. The highest BCUT2D eigenvalue weighted by molar-refractivity contribution is 9.10. The zero-order valence-electron chi connectivity index (χ0n) is 13.9. The molecule has 1 atom stereocenters. The number of hydrogen-bond donors (Lipinski definition) is 1. The number of carbonyl (C=O) groups is 1. The standard InChI is InChI=1S/C19H22BrNOS/c1-12(2)17-7-5-6-13(3)18(17)21-19(22)14(4)23-16-10-8-15(20)9-11-16/h5-12,14H,1-4H3,(H,21,22)/t14-/m1/s1. The van der Waals surface area contributed by atoms with E-state index in [9.17, 15) is 4.79 Å². The minimum absolute atomic E-state index is 0.0362. The van der Waals surface area contributed by atoms with Crippen molar-refractivity contribution in [2.75, 3.05) is 5.32 Å². The number of thioether (sulfide) groups is 1. The topological polar surface area (TPSA) is 29.1 Å². The molecule has 0 fully saturated rings. The molecule has 1 amide bonds. The lowest BCUT2D eigenvalue weighted by Crippen LogP contribution is -2.23. The van der Waals surface area contributed by atoms with Gasteiger partial charge in [-0.3, -0.25) is 4.79 Å². The summed E-state index contributed by atoms with van der Waals surface area (Å²) in [7, 11) is 0. The number of nitrogens with one attached hydrogen (secondary N) is 1. The predicted molar refractivity (Wildman–Crippen MR) is 103 cm³/mol. The molecule has 122 valence electrons. The number of anilines is 1.